The van der Waals surface area contributed by atoms with E-state index in [1.165, 1.54) is 0 Å². The second kappa shape index (κ2) is 6.23. The minimum absolute atomic E-state index is 0.222. The van der Waals surface area contributed by atoms with Crippen LogP contribution in [0.5, 0.6) is 5.75 Å². The highest BCUT2D eigenvalue weighted by atomic mass is 19.3. The number of aliphatic hydroxyl groups excluding tert-OH is 1. The Bertz CT molecular complexity index is 470. The molecule has 1 aromatic rings. The Morgan fingerprint density at radius 2 is 2.16 bits per heavy atom. The maximum absolute atomic E-state index is 13.5. The van der Waals surface area contributed by atoms with E-state index in [0.29, 0.717) is 6.07 Å². The number of rotatable bonds is 6. The van der Waals surface area contributed by atoms with Crippen molar-refractivity contribution >= 4 is 11.4 Å². The second-order valence-electron chi connectivity index (χ2n) is 3.54. The smallest absolute Gasteiger partial charge is 0.313 e. The fourth-order valence-electron chi connectivity index (χ4n) is 1.29. The van der Waals surface area contributed by atoms with Gasteiger partial charge in [-0.05, 0) is 0 Å². The Balaban J connectivity index is 2.94. The Morgan fingerprint density at radius 1 is 1.53 bits per heavy atom. The first kappa shape index (κ1) is 15.0. The first-order valence-electron chi connectivity index (χ1n) is 5.08. The summed E-state index contributed by atoms with van der Waals surface area (Å²) in [5.74, 6) is -1.23. The molecule has 106 valence electrons. The minimum Gasteiger partial charge on any atom is -0.490 e. The molecule has 0 bridgehead atoms. The van der Waals surface area contributed by atoms with Gasteiger partial charge in [-0.1, -0.05) is 0 Å². The van der Waals surface area contributed by atoms with Crippen LogP contribution in [-0.4, -0.2) is 36.2 Å². The highest BCUT2D eigenvalue weighted by Gasteiger charge is 2.21. The molecule has 0 aromatic heterocycles. The van der Waals surface area contributed by atoms with Crippen molar-refractivity contribution in [3.05, 3.63) is 28.1 Å². The topological polar surface area (TPSA) is 84.6 Å². The van der Waals surface area contributed by atoms with Gasteiger partial charge in [0.1, 0.15) is 6.10 Å². The molecule has 1 atom stereocenters. The number of nitro benzene ring substituents is 1. The van der Waals surface area contributed by atoms with Gasteiger partial charge in [-0.2, -0.15) is 0 Å². The molecule has 0 spiro atoms. The molecule has 6 nitrogen and oxygen atoms in total. The Morgan fingerprint density at radius 3 is 2.63 bits per heavy atom. The van der Waals surface area contributed by atoms with Crippen LogP contribution in [0.2, 0.25) is 0 Å². The summed E-state index contributed by atoms with van der Waals surface area (Å²) in [4.78, 5) is 9.77. The maximum Gasteiger partial charge on any atom is 0.313 e. The zero-order valence-electron chi connectivity index (χ0n) is 9.77. The fraction of sp³-hybridized carbons (Fsp3) is 0.400. The van der Waals surface area contributed by atoms with Crippen LogP contribution in [-0.2, 0) is 0 Å². The van der Waals surface area contributed by atoms with Gasteiger partial charge in [0.05, 0.1) is 23.8 Å². The first-order chi connectivity index (χ1) is 8.86. The summed E-state index contributed by atoms with van der Waals surface area (Å²) in [5.41, 5.74) is -0.859. The van der Waals surface area contributed by atoms with E-state index in [1.807, 2.05) is 0 Å². The average Bonchev–Trinajstić information content (AvgIpc) is 2.36. The SMILES string of the molecule is COc1cc(NCC(O)C(F)F)c(F)cc1[N+](=O)[O-]. The van der Waals surface area contributed by atoms with Crippen molar-refractivity contribution < 1.29 is 27.9 Å². The van der Waals surface area contributed by atoms with Crippen LogP contribution in [0.1, 0.15) is 0 Å². The number of alkyl halides is 2. The van der Waals surface area contributed by atoms with Gasteiger partial charge in [0, 0.05) is 12.6 Å². The van der Waals surface area contributed by atoms with E-state index in [1.54, 1.807) is 0 Å². The normalized spacial score (nSPS) is 12.3. The van der Waals surface area contributed by atoms with Crippen LogP contribution in [0.3, 0.4) is 0 Å². The van der Waals surface area contributed by atoms with Crippen molar-refractivity contribution in [3.63, 3.8) is 0 Å². The van der Waals surface area contributed by atoms with Crippen molar-refractivity contribution in [2.45, 2.75) is 12.5 Å². The van der Waals surface area contributed by atoms with Gasteiger partial charge in [-0.25, -0.2) is 13.2 Å². The number of halogens is 3. The highest BCUT2D eigenvalue weighted by molar-refractivity contribution is 5.59. The molecule has 0 aliphatic heterocycles. The van der Waals surface area contributed by atoms with Crippen LogP contribution in [0.25, 0.3) is 0 Å². The van der Waals surface area contributed by atoms with Crippen LogP contribution in [0.4, 0.5) is 24.5 Å². The molecule has 0 radical (unpaired) electrons. The number of hydrogen-bond acceptors (Lipinski definition) is 5. The summed E-state index contributed by atoms with van der Waals surface area (Å²) in [6, 6.07) is 1.57. The van der Waals surface area contributed by atoms with Gasteiger partial charge < -0.3 is 15.2 Å². The monoisotopic (exact) mass is 280 g/mol. The molecule has 19 heavy (non-hydrogen) atoms. The van der Waals surface area contributed by atoms with Crippen LogP contribution in [0, 0.1) is 15.9 Å². The van der Waals surface area contributed by atoms with Crippen molar-refractivity contribution in [2.24, 2.45) is 0 Å². The first-order valence-corrected chi connectivity index (χ1v) is 5.08. The molecule has 0 saturated carbocycles. The molecule has 0 amide bonds. The molecule has 0 aliphatic rings. The summed E-state index contributed by atoms with van der Waals surface area (Å²) in [6.07, 6.45) is -4.95. The standard InChI is InChI=1S/C10H11F3N2O4/c1-19-9-3-6(14-4-8(16)10(12)13)5(11)2-7(9)15(17)18/h2-3,8,10,14,16H,4H2,1H3. The number of aliphatic hydroxyl groups is 1. The molecular formula is C10H11F3N2O4. The largest absolute Gasteiger partial charge is 0.490 e. The average molecular weight is 280 g/mol. The predicted molar refractivity (Wildman–Crippen MR) is 60.1 cm³/mol. The Hall–Kier alpha value is -2.03. The van der Waals surface area contributed by atoms with Crippen LogP contribution < -0.4 is 10.1 Å². The number of nitrogens with zero attached hydrogens (tertiary/aromatic N) is 1. The van der Waals surface area contributed by atoms with E-state index in [0.717, 1.165) is 13.2 Å². The summed E-state index contributed by atoms with van der Waals surface area (Å²) in [7, 11) is 1.15. The molecule has 0 fully saturated rings. The minimum atomic E-state index is -2.98. The third-order valence-corrected chi connectivity index (χ3v) is 2.26. The molecule has 0 heterocycles. The van der Waals surface area contributed by atoms with E-state index in [9.17, 15) is 23.3 Å². The van der Waals surface area contributed by atoms with Gasteiger partial charge >= 0.3 is 5.69 Å². The number of methoxy groups -OCH3 is 1. The van der Waals surface area contributed by atoms with Crippen LogP contribution >= 0.6 is 0 Å². The van der Waals surface area contributed by atoms with Crippen molar-refractivity contribution in [2.75, 3.05) is 19.0 Å². The molecular weight excluding hydrogens is 269 g/mol. The predicted octanol–water partition coefficient (Wildman–Crippen LogP) is 1.78. The quantitative estimate of drug-likeness (QED) is 0.613. The molecule has 1 aromatic carbocycles. The lowest BCUT2D eigenvalue weighted by molar-refractivity contribution is -0.385. The third-order valence-electron chi connectivity index (χ3n) is 2.26. The second-order valence-corrected chi connectivity index (χ2v) is 3.54. The lowest BCUT2D eigenvalue weighted by atomic mass is 10.2. The summed E-state index contributed by atoms with van der Waals surface area (Å²) < 4.78 is 42.3. The summed E-state index contributed by atoms with van der Waals surface area (Å²) >= 11 is 0. The van der Waals surface area contributed by atoms with E-state index in [4.69, 9.17) is 9.84 Å². The van der Waals surface area contributed by atoms with Crippen molar-refractivity contribution in [1.29, 1.82) is 0 Å². The Labute approximate surface area is 105 Å². The number of benzene rings is 1. The zero-order valence-corrected chi connectivity index (χ0v) is 9.77. The number of nitrogens with one attached hydrogen (secondary N) is 1. The van der Waals surface area contributed by atoms with E-state index < -0.39 is 35.5 Å². The lowest BCUT2D eigenvalue weighted by Crippen LogP contribution is -2.27. The third kappa shape index (κ3) is 3.71. The van der Waals surface area contributed by atoms with Gasteiger partial charge in [0.2, 0.25) is 0 Å². The summed E-state index contributed by atoms with van der Waals surface area (Å²) in [6.45, 7) is -0.602. The fourth-order valence-corrected chi connectivity index (χ4v) is 1.29. The van der Waals surface area contributed by atoms with E-state index >= 15 is 0 Å². The molecule has 0 aliphatic carbocycles. The van der Waals surface area contributed by atoms with Gasteiger partial charge in [0.15, 0.2) is 11.6 Å². The van der Waals surface area contributed by atoms with Gasteiger partial charge in [-0.3, -0.25) is 10.1 Å². The number of ether oxygens (including phenoxy) is 1. The molecule has 0 saturated heterocycles. The van der Waals surface area contributed by atoms with Crippen LogP contribution in [0.15, 0.2) is 12.1 Å². The Kier molecular flexibility index (Phi) is 4.93. The lowest BCUT2D eigenvalue weighted by Gasteiger charge is -2.13. The number of anilines is 1. The maximum atomic E-state index is 13.5. The number of hydrogen-bond donors (Lipinski definition) is 2. The zero-order chi connectivity index (χ0) is 14.6. The van der Waals surface area contributed by atoms with Crippen molar-refractivity contribution in [3.8, 4) is 5.75 Å². The molecule has 9 heteroatoms. The van der Waals surface area contributed by atoms with E-state index in [-0.39, 0.29) is 11.4 Å². The number of nitro groups is 1. The molecule has 2 N–H and O–H groups in total. The van der Waals surface area contributed by atoms with Gasteiger partial charge in [-0.15, -0.1) is 0 Å². The van der Waals surface area contributed by atoms with Gasteiger partial charge in [0.25, 0.3) is 6.43 Å². The molecule has 1 rings (SSSR count). The van der Waals surface area contributed by atoms with E-state index in [2.05, 4.69) is 5.32 Å². The highest BCUT2D eigenvalue weighted by Crippen LogP contribution is 2.32. The summed E-state index contributed by atoms with van der Waals surface area (Å²) in [5, 5.41) is 21.7. The van der Waals surface area contributed by atoms with Crippen molar-refractivity contribution in [1.82, 2.24) is 0 Å². The molecule has 1 unspecified atom stereocenters.